The minimum Gasteiger partial charge on any atom is -0.341 e. The first kappa shape index (κ1) is 15.7. The van der Waals surface area contributed by atoms with E-state index in [-0.39, 0.29) is 5.91 Å². The van der Waals surface area contributed by atoms with Gasteiger partial charge in [-0.05, 0) is 43.0 Å². The number of anilines is 2. The summed E-state index contributed by atoms with van der Waals surface area (Å²) in [5.74, 6) is 1.09. The van der Waals surface area contributed by atoms with Crippen molar-refractivity contribution in [3.8, 4) is 0 Å². The summed E-state index contributed by atoms with van der Waals surface area (Å²) >= 11 is 5.93. The van der Waals surface area contributed by atoms with Crippen molar-refractivity contribution in [2.45, 2.75) is 19.8 Å². The van der Waals surface area contributed by atoms with E-state index in [2.05, 4.69) is 27.1 Å². The number of hydrogen-bond acceptors (Lipinski definition) is 4. The summed E-state index contributed by atoms with van der Waals surface area (Å²) in [5.41, 5.74) is 1.00. The first-order valence-corrected chi connectivity index (χ1v) is 8.14. The molecule has 1 saturated heterocycles. The maximum atomic E-state index is 12.3. The Morgan fingerprint density at radius 2 is 2.09 bits per heavy atom. The molecular weight excluding hydrogens is 312 g/mol. The highest BCUT2D eigenvalue weighted by Crippen LogP contribution is 2.20. The first-order valence-electron chi connectivity index (χ1n) is 7.77. The Morgan fingerprint density at radius 1 is 1.30 bits per heavy atom. The zero-order valence-electron chi connectivity index (χ0n) is 13.0. The molecule has 1 aromatic heterocycles. The molecule has 1 aliphatic rings. The van der Waals surface area contributed by atoms with Crippen molar-refractivity contribution in [1.82, 2.24) is 9.97 Å². The molecule has 0 spiro atoms. The molecule has 0 atom stereocenters. The fraction of sp³-hybridized carbons (Fsp3) is 0.353. The Bertz CT molecular complexity index is 698. The molecule has 5 nitrogen and oxygen atoms in total. The van der Waals surface area contributed by atoms with Crippen LogP contribution in [0.15, 0.2) is 36.5 Å². The third kappa shape index (κ3) is 3.99. The van der Waals surface area contributed by atoms with E-state index in [0.29, 0.717) is 22.4 Å². The number of benzene rings is 1. The summed E-state index contributed by atoms with van der Waals surface area (Å²) in [6, 6.07) is 8.66. The van der Waals surface area contributed by atoms with Crippen molar-refractivity contribution >= 4 is 29.1 Å². The quantitative estimate of drug-likeness (QED) is 0.933. The summed E-state index contributed by atoms with van der Waals surface area (Å²) in [7, 11) is 0. The van der Waals surface area contributed by atoms with Crippen LogP contribution in [-0.4, -0.2) is 29.0 Å². The number of amides is 1. The second kappa shape index (κ2) is 6.96. The number of piperidine rings is 1. The Balaban J connectivity index is 1.72. The molecule has 6 heteroatoms. The van der Waals surface area contributed by atoms with Crippen LogP contribution in [0.4, 0.5) is 11.6 Å². The molecule has 0 radical (unpaired) electrons. The molecule has 0 unspecified atom stereocenters. The van der Waals surface area contributed by atoms with Crippen molar-refractivity contribution in [2.24, 2.45) is 5.92 Å². The maximum Gasteiger partial charge on any atom is 0.274 e. The van der Waals surface area contributed by atoms with E-state index in [0.717, 1.165) is 31.8 Å². The molecule has 1 aliphatic heterocycles. The number of hydrogen-bond donors (Lipinski definition) is 1. The number of aromatic nitrogens is 2. The first-order chi connectivity index (χ1) is 11.1. The molecular formula is C17H19ClN4O. The van der Waals surface area contributed by atoms with Crippen LogP contribution in [-0.2, 0) is 0 Å². The van der Waals surface area contributed by atoms with E-state index >= 15 is 0 Å². The molecule has 0 aliphatic carbocycles. The fourth-order valence-corrected chi connectivity index (χ4v) is 2.79. The largest absolute Gasteiger partial charge is 0.341 e. The van der Waals surface area contributed by atoms with Crippen LogP contribution in [0.5, 0.6) is 0 Å². The second-order valence-electron chi connectivity index (χ2n) is 5.88. The van der Waals surface area contributed by atoms with Crippen molar-refractivity contribution < 1.29 is 4.79 Å². The summed E-state index contributed by atoms with van der Waals surface area (Å²) in [6.07, 6.45) is 3.89. The summed E-state index contributed by atoms with van der Waals surface area (Å²) in [6.45, 7) is 4.12. The molecule has 2 aromatic rings. The van der Waals surface area contributed by atoms with Gasteiger partial charge in [-0.3, -0.25) is 4.79 Å². The zero-order chi connectivity index (χ0) is 16.2. The van der Waals surface area contributed by atoms with Gasteiger partial charge in [0.2, 0.25) is 5.95 Å². The smallest absolute Gasteiger partial charge is 0.274 e. The maximum absolute atomic E-state index is 12.3. The van der Waals surface area contributed by atoms with Gasteiger partial charge in [0, 0.05) is 30.0 Å². The van der Waals surface area contributed by atoms with E-state index in [4.69, 9.17) is 11.6 Å². The topological polar surface area (TPSA) is 58.1 Å². The lowest BCUT2D eigenvalue weighted by atomic mass is 10.00. The Morgan fingerprint density at radius 3 is 2.83 bits per heavy atom. The highest BCUT2D eigenvalue weighted by Gasteiger charge is 2.19. The van der Waals surface area contributed by atoms with Crippen LogP contribution in [0.2, 0.25) is 5.02 Å². The van der Waals surface area contributed by atoms with Crippen molar-refractivity contribution in [2.75, 3.05) is 23.3 Å². The van der Waals surface area contributed by atoms with Crippen LogP contribution < -0.4 is 10.2 Å². The minimum atomic E-state index is -0.263. The van der Waals surface area contributed by atoms with Crippen molar-refractivity contribution in [1.29, 1.82) is 0 Å². The van der Waals surface area contributed by atoms with Crippen LogP contribution in [0.25, 0.3) is 0 Å². The van der Waals surface area contributed by atoms with Crippen LogP contribution in [0.1, 0.15) is 30.3 Å². The average molecular weight is 331 g/mol. The van der Waals surface area contributed by atoms with E-state index in [1.165, 1.54) is 0 Å². The third-order valence-corrected chi connectivity index (χ3v) is 4.26. The number of nitrogens with zero attached hydrogens (tertiary/aromatic N) is 3. The molecule has 1 aromatic carbocycles. The lowest BCUT2D eigenvalue weighted by molar-refractivity contribution is 0.102. The number of carbonyl (C=O) groups excluding carboxylic acids is 1. The number of carbonyl (C=O) groups is 1. The molecule has 2 heterocycles. The molecule has 1 amide bonds. The summed E-state index contributed by atoms with van der Waals surface area (Å²) in [5, 5.41) is 3.38. The van der Waals surface area contributed by atoms with Gasteiger partial charge >= 0.3 is 0 Å². The van der Waals surface area contributed by atoms with Gasteiger partial charge in [0.25, 0.3) is 5.91 Å². The van der Waals surface area contributed by atoms with Gasteiger partial charge in [-0.25, -0.2) is 9.97 Å². The highest BCUT2D eigenvalue weighted by atomic mass is 35.5. The molecule has 0 saturated carbocycles. The number of rotatable bonds is 3. The fourth-order valence-electron chi connectivity index (χ4n) is 2.60. The Kier molecular flexibility index (Phi) is 4.76. The molecule has 3 rings (SSSR count). The van der Waals surface area contributed by atoms with Gasteiger partial charge in [-0.1, -0.05) is 24.6 Å². The summed E-state index contributed by atoms with van der Waals surface area (Å²) < 4.78 is 0. The van der Waals surface area contributed by atoms with Gasteiger partial charge in [-0.15, -0.1) is 0 Å². The van der Waals surface area contributed by atoms with E-state index < -0.39 is 0 Å². The lowest BCUT2D eigenvalue weighted by Crippen LogP contribution is -2.34. The molecule has 120 valence electrons. The normalized spacial score (nSPS) is 15.5. The monoisotopic (exact) mass is 330 g/mol. The third-order valence-electron chi connectivity index (χ3n) is 4.02. The number of nitrogens with one attached hydrogen (secondary N) is 1. The van der Waals surface area contributed by atoms with Gasteiger partial charge < -0.3 is 10.2 Å². The lowest BCUT2D eigenvalue weighted by Gasteiger charge is -2.30. The minimum absolute atomic E-state index is 0.263. The van der Waals surface area contributed by atoms with E-state index in [1.807, 2.05) is 0 Å². The molecule has 1 N–H and O–H groups in total. The van der Waals surface area contributed by atoms with Crippen molar-refractivity contribution in [3.05, 3.63) is 47.2 Å². The SMILES string of the molecule is CC1CCN(c2nccc(C(=O)Nc3cccc(Cl)c3)n2)CC1. The second-order valence-corrected chi connectivity index (χ2v) is 6.31. The van der Waals surface area contributed by atoms with Crippen molar-refractivity contribution in [3.63, 3.8) is 0 Å². The molecule has 0 bridgehead atoms. The summed E-state index contributed by atoms with van der Waals surface area (Å²) in [4.78, 5) is 23.2. The van der Waals surface area contributed by atoms with E-state index in [1.54, 1.807) is 36.5 Å². The predicted octanol–water partition coefficient (Wildman–Crippen LogP) is 3.62. The van der Waals surface area contributed by atoms with Crippen LogP contribution in [0, 0.1) is 5.92 Å². The predicted molar refractivity (Wildman–Crippen MR) is 92.0 cm³/mol. The Hall–Kier alpha value is -2.14. The number of halogens is 1. The average Bonchev–Trinajstić information content (AvgIpc) is 2.56. The van der Waals surface area contributed by atoms with Gasteiger partial charge in [0.05, 0.1) is 0 Å². The zero-order valence-corrected chi connectivity index (χ0v) is 13.8. The van der Waals surface area contributed by atoms with Crippen LogP contribution >= 0.6 is 11.6 Å². The van der Waals surface area contributed by atoms with E-state index in [9.17, 15) is 4.79 Å². The van der Waals surface area contributed by atoms with Crippen LogP contribution in [0.3, 0.4) is 0 Å². The molecule has 1 fully saturated rings. The van der Waals surface area contributed by atoms with Gasteiger partial charge in [0.1, 0.15) is 5.69 Å². The highest BCUT2D eigenvalue weighted by molar-refractivity contribution is 6.30. The standard InChI is InChI=1S/C17H19ClN4O/c1-12-6-9-22(10-7-12)17-19-8-5-15(21-17)16(23)20-14-4-2-3-13(18)11-14/h2-5,8,11-12H,6-7,9-10H2,1H3,(H,20,23). The molecule has 23 heavy (non-hydrogen) atoms. The van der Waals surface area contributed by atoms with Gasteiger partial charge in [-0.2, -0.15) is 0 Å². The Labute approximate surface area is 140 Å². The van der Waals surface area contributed by atoms with Gasteiger partial charge in [0.15, 0.2) is 0 Å².